The quantitative estimate of drug-likeness (QED) is 0.641. The number of rotatable bonds is 2. The summed E-state index contributed by atoms with van der Waals surface area (Å²) in [6.45, 7) is 3.00. The zero-order chi connectivity index (χ0) is 20.9. The summed E-state index contributed by atoms with van der Waals surface area (Å²) in [7, 11) is 2.04. The summed E-state index contributed by atoms with van der Waals surface area (Å²) in [4.78, 5) is 34.1. The first-order valence-electron chi connectivity index (χ1n) is 10.3. The Morgan fingerprint density at radius 3 is 2.80 bits per heavy atom. The minimum absolute atomic E-state index is 0.122. The van der Waals surface area contributed by atoms with E-state index in [-0.39, 0.29) is 17.7 Å². The summed E-state index contributed by atoms with van der Waals surface area (Å²) in [6.07, 6.45) is 1.89. The van der Waals surface area contributed by atoms with Crippen molar-refractivity contribution >= 4 is 40.3 Å². The number of aryl methyl sites for hydroxylation is 1. The number of imidazole rings is 1. The molecular weight excluding hydrogens is 396 g/mol. The summed E-state index contributed by atoms with van der Waals surface area (Å²) < 4.78 is 0.969. The smallest absolute Gasteiger partial charge is 0.250 e. The largest absolute Gasteiger partial charge is 0.340 e. The number of carbonyl (C=O) groups excluding carboxylic acids is 2. The van der Waals surface area contributed by atoms with Crippen molar-refractivity contribution in [2.75, 3.05) is 18.4 Å². The van der Waals surface area contributed by atoms with Crippen LogP contribution in [0.3, 0.4) is 0 Å². The predicted octanol–water partition coefficient (Wildman–Crippen LogP) is 3.78. The molecule has 30 heavy (non-hydrogen) atoms. The van der Waals surface area contributed by atoms with E-state index < -0.39 is 4.75 Å². The van der Waals surface area contributed by atoms with Crippen molar-refractivity contribution in [3.05, 3.63) is 54.4 Å². The van der Waals surface area contributed by atoms with Crippen LogP contribution >= 0.6 is 11.8 Å². The number of piperidine rings is 1. The Hall–Kier alpha value is -2.80. The van der Waals surface area contributed by atoms with Crippen LogP contribution in [0.5, 0.6) is 0 Å². The lowest BCUT2D eigenvalue weighted by molar-refractivity contribution is -0.138. The summed E-state index contributed by atoms with van der Waals surface area (Å²) >= 11 is 1.35. The highest BCUT2D eigenvalue weighted by atomic mass is 32.2. The average Bonchev–Trinajstić information content (AvgIpc) is 3.11. The molecular formula is C23H24N4O2S. The molecule has 5 rings (SSSR count). The van der Waals surface area contributed by atoms with Crippen molar-refractivity contribution in [2.24, 2.45) is 7.05 Å². The molecule has 2 aliphatic heterocycles. The number of amides is 2. The van der Waals surface area contributed by atoms with Gasteiger partial charge in [-0.05, 0) is 44.0 Å². The van der Waals surface area contributed by atoms with E-state index in [1.165, 1.54) is 11.8 Å². The lowest BCUT2D eigenvalue weighted by Gasteiger charge is -2.39. The molecule has 2 amide bonds. The Bertz CT molecular complexity index is 1160. The van der Waals surface area contributed by atoms with Gasteiger partial charge in [-0.1, -0.05) is 36.0 Å². The molecule has 1 fully saturated rings. The third kappa shape index (κ3) is 2.99. The number of thioether (sulfide) groups is 1. The molecule has 3 heterocycles. The van der Waals surface area contributed by atoms with Crippen LogP contribution in [0.1, 0.15) is 31.5 Å². The van der Waals surface area contributed by atoms with Gasteiger partial charge in [-0.2, -0.15) is 0 Å². The molecule has 0 bridgehead atoms. The van der Waals surface area contributed by atoms with E-state index in [0.29, 0.717) is 13.1 Å². The third-order valence-corrected chi connectivity index (χ3v) is 7.53. The molecule has 2 aromatic carbocycles. The first kappa shape index (κ1) is 19.2. The highest BCUT2D eigenvalue weighted by Gasteiger charge is 2.48. The molecule has 0 saturated carbocycles. The van der Waals surface area contributed by atoms with Crippen LogP contribution in [0.25, 0.3) is 11.0 Å². The number of anilines is 1. The maximum Gasteiger partial charge on any atom is 0.250 e. The molecule has 3 aromatic rings. The molecule has 2 unspecified atom stereocenters. The van der Waals surface area contributed by atoms with Gasteiger partial charge >= 0.3 is 0 Å². The predicted molar refractivity (Wildman–Crippen MR) is 119 cm³/mol. The highest BCUT2D eigenvalue weighted by Crippen LogP contribution is 2.44. The van der Waals surface area contributed by atoms with Gasteiger partial charge in [0.05, 0.1) is 16.7 Å². The van der Waals surface area contributed by atoms with Gasteiger partial charge in [0.2, 0.25) is 11.8 Å². The fourth-order valence-electron chi connectivity index (χ4n) is 4.51. The maximum atomic E-state index is 13.5. The Kier molecular flexibility index (Phi) is 4.58. The summed E-state index contributed by atoms with van der Waals surface area (Å²) in [5, 5.41) is 2.92. The van der Waals surface area contributed by atoms with Gasteiger partial charge in [-0.3, -0.25) is 9.59 Å². The molecule has 0 aliphatic carbocycles. The summed E-state index contributed by atoms with van der Waals surface area (Å²) in [6, 6.07) is 15.7. The van der Waals surface area contributed by atoms with Crippen molar-refractivity contribution in [2.45, 2.75) is 35.3 Å². The van der Waals surface area contributed by atoms with Crippen LogP contribution in [0.4, 0.5) is 5.69 Å². The van der Waals surface area contributed by atoms with E-state index in [4.69, 9.17) is 4.98 Å². The standard InChI is InChI=1S/C23H24N4O2S/c1-23(21(28)25-17-10-4-6-12-19(17)30-23)22(29)27-13-7-8-15(14-27)20-24-16-9-3-5-11-18(16)26(20)2/h3-6,9-12,15H,7-8,13-14H2,1-2H3,(H,25,28). The van der Waals surface area contributed by atoms with E-state index in [1.807, 2.05) is 54.4 Å². The lowest BCUT2D eigenvalue weighted by atomic mass is 9.95. The number of nitrogens with one attached hydrogen (secondary N) is 1. The summed E-state index contributed by atoms with van der Waals surface area (Å²) in [5.74, 6) is 0.793. The fraction of sp³-hybridized carbons (Fsp3) is 0.348. The van der Waals surface area contributed by atoms with Crippen molar-refractivity contribution < 1.29 is 9.59 Å². The number of aromatic nitrogens is 2. The molecule has 1 N–H and O–H groups in total. The summed E-state index contributed by atoms with van der Waals surface area (Å²) in [5.41, 5.74) is 2.85. The van der Waals surface area contributed by atoms with E-state index >= 15 is 0 Å². The molecule has 0 radical (unpaired) electrons. The molecule has 154 valence electrons. The molecule has 6 nitrogen and oxygen atoms in total. The molecule has 7 heteroatoms. The van der Waals surface area contributed by atoms with Crippen LogP contribution in [0.2, 0.25) is 0 Å². The second kappa shape index (κ2) is 7.16. The van der Waals surface area contributed by atoms with E-state index in [2.05, 4.69) is 16.0 Å². The van der Waals surface area contributed by atoms with Crippen LogP contribution < -0.4 is 5.32 Å². The second-order valence-electron chi connectivity index (χ2n) is 8.19. The molecule has 1 aromatic heterocycles. The number of hydrogen-bond donors (Lipinski definition) is 1. The zero-order valence-electron chi connectivity index (χ0n) is 17.1. The van der Waals surface area contributed by atoms with Gasteiger partial charge in [0.15, 0.2) is 4.75 Å². The minimum Gasteiger partial charge on any atom is -0.340 e. The third-order valence-electron chi connectivity index (χ3n) is 6.19. The fourth-order valence-corrected chi connectivity index (χ4v) is 5.69. The van der Waals surface area contributed by atoms with E-state index in [1.54, 1.807) is 6.92 Å². The number of para-hydroxylation sites is 3. The lowest BCUT2D eigenvalue weighted by Crippen LogP contribution is -2.55. The molecule has 2 atom stereocenters. The number of benzene rings is 2. The number of hydrogen-bond acceptors (Lipinski definition) is 4. The first-order valence-corrected chi connectivity index (χ1v) is 11.1. The van der Waals surface area contributed by atoms with Crippen LogP contribution in [0, 0.1) is 0 Å². The Labute approximate surface area is 179 Å². The van der Waals surface area contributed by atoms with Gasteiger partial charge in [0.25, 0.3) is 0 Å². The number of likely N-dealkylation sites (tertiary alicyclic amines) is 1. The second-order valence-corrected chi connectivity index (χ2v) is 9.65. The van der Waals surface area contributed by atoms with Gasteiger partial charge in [0, 0.05) is 31.0 Å². The van der Waals surface area contributed by atoms with Gasteiger partial charge in [-0.25, -0.2) is 4.98 Å². The first-order chi connectivity index (χ1) is 14.5. The van der Waals surface area contributed by atoms with Gasteiger partial charge in [0.1, 0.15) is 5.82 Å². The number of nitrogens with zero attached hydrogens (tertiary/aromatic N) is 3. The monoisotopic (exact) mass is 420 g/mol. The normalized spacial score (nSPS) is 23.9. The minimum atomic E-state index is -1.16. The van der Waals surface area contributed by atoms with E-state index in [0.717, 1.165) is 40.3 Å². The average molecular weight is 421 g/mol. The van der Waals surface area contributed by atoms with E-state index in [9.17, 15) is 9.59 Å². The van der Waals surface area contributed by atoms with Crippen molar-refractivity contribution in [1.82, 2.24) is 14.5 Å². The molecule has 0 spiro atoms. The number of fused-ring (bicyclic) bond motifs is 2. The van der Waals surface area contributed by atoms with Crippen molar-refractivity contribution in [1.29, 1.82) is 0 Å². The van der Waals surface area contributed by atoms with Crippen LogP contribution in [-0.4, -0.2) is 44.1 Å². The topological polar surface area (TPSA) is 67.2 Å². The highest BCUT2D eigenvalue weighted by molar-refractivity contribution is 8.02. The van der Waals surface area contributed by atoms with Crippen molar-refractivity contribution in [3.63, 3.8) is 0 Å². The Morgan fingerprint density at radius 1 is 1.20 bits per heavy atom. The van der Waals surface area contributed by atoms with Crippen LogP contribution in [-0.2, 0) is 16.6 Å². The SMILES string of the molecule is Cn1c(C2CCCN(C(=O)C3(C)Sc4ccccc4NC3=O)C2)nc2ccccc21. The zero-order valence-corrected chi connectivity index (χ0v) is 17.9. The Balaban J connectivity index is 1.41. The van der Waals surface area contributed by atoms with Crippen molar-refractivity contribution in [3.8, 4) is 0 Å². The van der Waals surface area contributed by atoms with Gasteiger partial charge in [-0.15, -0.1) is 0 Å². The number of carbonyl (C=O) groups is 2. The van der Waals surface area contributed by atoms with Crippen LogP contribution in [0.15, 0.2) is 53.4 Å². The molecule has 1 saturated heterocycles. The van der Waals surface area contributed by atoms with Gasteiger partial charge < -0.3 is 14.8 Å². The Morgan fingerprint density at radius 2 is 1.97 bits per heavy atom. The maximum absolute atomic E-state index is 13.5. The molecule has 2 aliphatic rings.